The highest BCUT2D eigenvalue weighted by atomic mass is 19.4. The number of alkyl halides is 5. The molecule has 1 N–H and O–H groups in total. The van der Waals surface area contributed by atoms with E-state index in [2.05, 4.69) is 4.74 Å². The van der Waals surface area contributed by atoms with Crippen LogP contribution < -0.4 is 4.74 Å². The zero-order valence-corrected chi connectivity index (χ0v) is 7.05. The van der Waals surface area contributed by atoms with Crippen molar-refractivity contribution in [3.8, 4) is 11.5 Å². The smallest absolute Gasteiger partial charge is 0.419 e. The van der Waals surface area contributed by atoms with Gasteiger partial charge < -0.3 is 9.84 Å². The second-order valence-corrected chi connectivity index (χ2v) is 2.56. The van der Waals surface area contributed by atoms with E-state index in [1.54, 1.807) is 0 Å². The van der Waals surface area contributed by atoms with Gasteiger partial charge in [0, 0.05) is 6.07 Å². The van der Waals surface area contributed by atoms with Crippen LogP contribution >= 0.6 is 0 Å². The van der Waals surface area contributed by atoms with Crippen LogP contribution in [0.3, 0.4) is 0 Å². The molecule has 0 spiro atoms. The van der Waals surface area contributed by atoms with Gasteiger partial charge in [-0.1, -0.05) is 0 Å². The van der Waals surface area contributed by atoms with Crippen LogP contribution in [0.4, 0.5) is 22.0 Å². The zero-order valence-electron chi connectivity index (χ0n) is 7.05. The third-order valence-electron chi connectivity index (χ3n) is 1.49. The van der Waals surface area contributed by atoms with Gasteiger partial charge in [-0.05, 0) is 12.1 Å². The van der Waals surface area contributed by atoms with Gasteiger partial charge in [-0.3, -0.25) is 0 Å². The highest BCUT2D eigenvalue weighted by molar-refractivity contribution is 5.41. The summed E-state index contributed by atoms with van der Waals surface area (Å²) in [7, 11) is 0. The van der Waals surface area contributed by atoms with Crippen molar-refractivity contribution in [3.63, 3.8) is 0 Å². The Morgan fingerprint density at radius 2 is 1.80 bits per heavy atom. The minimum absolute atomic E-state index is 0.465. The third kappa shape index (κ3) is 2.97. The molecule has 1 aromatic carbocycles. The van der Waals surface area contributed by atoms with E-state index < -0.39 is 29.9 Å². The lowest BCUT2D eigenvalue weighted by atomic mass is 10.2. The summed E-state index contributed by atoms with van der Waals surface area (Å²) in [6.45, 7) is -3.38. The molecule has 1 rings (SSSR count). The summed E-state index contributed by atoms with van der Waals surface area (Å²) in [5.41, 5.74) is -1.36. The molecule has 0 heterocycles. The molecule has 1 aromatic rings. The molecule has 15 heavy (non-hydrogen) atoms. The van der Waals surface area contributed by atoms with Crippen molar-refractivity contribution >= 4 is 0 Å². The number of halogens is 5. The van der Waals surface area contributed by atoms with Gasteiger partial charge in [-0.25, -0.2) is 0 Å². The fourth-order valence-corrected chi connectivity index (χ4v) is 0.939. The van der Waals surface area contributed by atoms with Crippen molar-refractivity contribution in [2.24, 2.45) is 0 Å². The normalized spacial score (nSPS) is 11.9. The Labute approximate surface area is 80.9 Å². The largest absolute Gasteiger partial charge is 0.508 e. The van der Waals surface area contributed by atoms with Crippen LogP contribution in [-0.4, -0.2) is 11.7 Å². The van der Waals surface area contributed by atoms with Crippen molar-refractivity contribution in [2.45, 2.75) is 12.8 Å². The first-order chi connectivity index (χ1) is 6.80. The van der Waals surface area contributed by atoms with Crippen molar-refractivity contribution < 1.29 is 31.8 Å². The van der Waals surface area contributed by atoms with Crippen LogP contribution in [0, 0.1) is 0 Å². The maximum absolute atomic E-state index is 12.2. The molecule has 0 aliphatic rings. The summed E-state index contributed by atoms with van der Waals surface area (Å²) in [6.07, 6.45) is -4.81. The summed E-state index contributed by atoms with van der Waals surface area (Å²) >= 11 is 0. The number of rotatable bonds is 2. The predicted octanol–water partition coefficient (Wildman–Crippen LogP) is 3.01. The molecule has 2 nitrogen and oxygen atoms in total. The van der Waals surface area contributed by atoms with Gasteiger partial charge in [0.25, 0.3) is 0 Å². The Kier molecular flexibility index (Phi) is 3.01. The maximum Gasteiger partial charge on any atom is 0.419 e. The summed E-state index contributed by atoms with van der Waals surface area (Å²) in [6, 6.07) is 1.68. The lowest BCUT2D eigenvalue weighted by Gasteiger charge is -2.13. The second kappa shape index (κ2) is 3.92. The first kappa shape index (κ1) is 11.5. The molecule has 0 saturated carbocycles. The molecule has 0 bridgehead atoms. The van der Waals surface area contributed by atoms with Gasteiger partial charge >= 0.3 is 12.8 Å². The van der Waals surface area contributed by atoms with E-state index in [0.717, 1.165) is 6.07 Å². The van der Waals surface area contributed by atoms with Crippen molar-refractivity contribution in [1.29, 1.82) is 0 Å². The van der Waals surface area contributed by atoms with Crippen LogP contribution in [-0.2, 0) is 6.18 Å². The van der Waals surface area contributed by atoms with Gasteiger partial charge in [0.05, 0.1) is 5.56 Å². The van der Waals surface area contributed by atoms with Crippen LogP contribution in [0.2, 0.25) is 0 Å². The number of ether oxygens (including phenoxy) is 1. The SMILES string of the molecule is Oc1ccc(C(F)(F)F)c(OC(F)F)c1. The molecule has 7 heteroatoms. The molecular formula is C8H5F5O2. The zero-order chi connectivity index (χ0) is 11.6. The highest BCUT2D eigenvalue weighted by Gasteiger charge is 2.35. The molecule has 0 aliphatic heterocycles. The number of hydrogen-bond donors (Lipinski definition) is 1. The Morgan fingerprint density at radius 3 is 2.27 bits per heavy atom. The van der Waals surface area contributed by atoms with Crippen LogP contribution in [0.15, 0.2) is 18.2 Å². The summed E-state index contributed by atoms with van der Waals surface area (Å²) in [5, 5.41) is 8.82. The number of phenolic OH excluding ortho intramolecular Hbond substituents is 1. The van der Waals surface area contributed by atoms with E-state index in [0.29, 0.717) is 12.1 Å². The number of aromatic hydroxyl groups is 1. The van der Waals surface area contributed by atoms with Crippen molar-refractivity contribution in [2.75, 3.05) is 0 Å². The summed E-state index contributed by atoms with van der Waals surface area (Å²) in [5.74, 6) is -1.68. The molecule has 0 aromatic heterocycles. The van der Waals surface area contributed by atoms with E-state index in [1.165, 1.54) is 0 Å². The summed E-state index contributed by atoms with van der Waals surface area (Å²) < 4.78 is 63.8. The van der Waals surface area contributed by atoms with E-state index in [9.17, 15) is 22.0 Å². The van der Waals surface area contributed by atoms with E-state index in [4.69, 9.17) is 5.11 Å². The highest BCUT2D eigenvalue weighted by Crippen LogP contribution is 2.38. The lowest BCUT2D eigenvalue weighted by Crippen LogP contribution is -2.11. The lowest BCUT2D eigenvalue weighted by molar-refractivity contribution is -0.141. The van der Waals surface area contributed by atoms with Crippen LogP contribution in [0.1, 0.15) is 5.56 Å². The average molecular weight is 228 g/mol. The van der Waals surface area contributed by atoms with Crippen LogP contribution in [0.5, 0.6) is 11.5 Å². The monoisotopic (exact) mass is 228 g/mol. The minimum Gasteiger partial charge on any atom is -0.508 e. The van der Waals surface area contributed by atoms with Gasteiger partial charge in [-0.15, -0.1) is 0 Å². The van der Waals surface area contributed by atoms with E-state index in [-0.39, 0.29) is 0 Å². The summed E-state index contributed by atoms with van der Waals surface area (Å²) in [4.78, 5) is 0. The topological polar surface area (TPSA) is 29.5 Å². The molecule has 0 amide bonds. The van der Waals surface area contributed by atoms with Crippen LogP contribution in [0.25, 0.3) is 0 Å². The molecular weight excluding hydrogens is 223 g/mol. The minimum atomic E-state index is -4.81. The fraction of sp³-hybridized carbons (Fsp3) is 0.250. The average Bonchev–Trinajstić information content (AvgIpc) is 1.99. The third-order valence-corrected chi connectivity index (χ3v) is 1.49. The Morgan fingerprint density at radius 1 is 1.20 bits per heavy atom. The van der Waals surface area contributed by atoms with Gasteiger partial charge in [0.15, 0.2) is 0 Å². The van der Waals surface area contributed by atoms with Gasteiger partial charge in [0.2, 0.25) is 0 Å². The number of hydrogen-bond acceptors (Lipinski definition) is 2. The first-order valence-corrected chi connectivity index (χ1v) is 3.65. The molecule has 0 fully saturated rings. The molecule has 0 atom stereocenters. The Bertz CT molecular complexity index is 347. The second-order valence-electron chi connectivity index (χ2n) is 2.56. The Hall–Kier alpha value is -1.53. The van der Waals surface area contributed by atoms with E-state index in [1.807, 2.05) is 0 Å². The van der Waals surface area contributed by atoms with E-state index >= 15 is 0 Å². The Balaban J connectivity index is 3.15. The number of phenols is 1. The molecule has 0 saturated heterocycles. The fourth-order valence-electron chi connectivity index (χ4n) is 0.939. The maximum atomic E-state index is 12.2. The quantitative estimate of drug-likeness (QED) is 0.788. The van der Waals surface area contributed by atoms with Crippen molar-refractivity contribution in [3.05, 3.63) is 23.8 Å². The standard InChI is InChI=1S/C8H5F5O2/c9-7(10)15-6-3-4(14)1-2-5(6)8(11,12)13/h1-3,7,14H. The molecule has 0 unspecified atom stereocenters. The van der Waals surface area contributed by atoms with Gasteiger partial charge in [-0.2, -0.15) is 22.0 Å². The molecule has 0 aliphatic carbocycles. The first-order valence-electron chi connectivity index (χ1n) is 3.65. The van der Waals surface area contributed by atoms with Gasteiger partial charge in [0.1, 0.15) is 11.5 Å². The molecule has 0 radical (unpaired) electrons. The predicted molar refractivity (Wildman–Crippen MR) is 39.7 cm³/mol. The number of benzene rings is 1. The van der Waals surface area contributed by atoms with Crippen molar-refractivity contribution in [1.82, 2.24) is 0 Å². The molecule has 84 valence electrons.